The average molecular weight is 230 g/mol. The molecule has 0 saturated carbocycles. The molecule has 0 amide bonds. The topological polar surface area (TPSA) is 17.1 Å². The van der Waals surface area contributed by atoms with Crippen molar-refractivity contribution in [1.82, 2.24) is 0 Å². The maximum atomic E-state index is 11.5. The Bertz CT molecular complexity index is 470. The second kappa shape index (κ2) is 5.08. The summed E-state index contributed by atoms with van der Waals surface area (Å²) in [7, 11) is 0. The Balaban J connectivity index is 2.12. The highest BCUT2D eigenvalue weighted by atomic mass is 32.1. The fraction of sp³-hybridized carbons (Fsp3) is 0.214. The zero-order valence-electron chi connectivity index (χ0n) is 9.27. The third-order valence-electron chi connectivity index (χ3n) is 2.48. The second-order valence-corrected chi connectivity index (χ2v) is 4.87. The number of rotatable bonds is 4. The molecule has 0 unspecified atom stereocenters. The summed E-state index contributed by atoms with van der Waals surface area (Å²) in [6.45, 7) is 1.90. The van der Waals surface area contributed by atoms with Crippen molar-refractivity contribution in [3.05, 3.63) is 57.8 Å². The molecule has 0 saturated heterocycles. The minimum absolute atomic E-state index is 0.240. The van der Waals surface area contributed by atoms with Crippen molar-refractivity contribution < 1.29 is 4.79 Å². The van der Waals surface area contributed by atoms with E-state index in [1.165, 1.54) is 10.4 Å². The van der Waals surface area contributed by atoms with Crippen molar-refractivity contribution >= 4 is 17.1 Å². The number of hydrogen-bond acceptors (Lipinski definition) is 2. The van der Waals surface area contributed by atoms with Crippen molar-refractivity contribution in [2.24, 2.45) is 0 Å². The molecule has 0 bridgehead atoms. The minimum atomic E-state index is 0.240. The first kappa shape index (κ1) is 11.1. The molecular weight excluding hydrogens is 216 g/mol. The summed E-state index contributed by atoms with van der Waals surface area (Å²) >= 11 is 1.61. The van der Waals surface area contributed by atoms with Gasteiger partial charge in [0.05, 0.1) is 4.88 Å². The molecule has 82 valence electrons. The van der Waals surface area contributed by atoms with Crippen LogP contribution in [0.4, 0.5) is 0 Å². The number of thiophene rings is 1. The lowest BCUT2D eigenvalue weighted by molar-refractivity contribution is 0.0992. The lowest BCUT2D eigenvalue weighted by Gasteiger charge is -1.97. The number of carbonyl (C=O) groups is 1. The van der Waals surface area contributed by atoms with Gasteiger partial charge in [-0.25, -0.2) is 0 Å². The van der Waals surface area contributed by atoms with E-state index in [4.69, 9.17) is 0 Å². The van der Waals surface area contributed by atoms with Gasteiger partial charge in [-0.2, -0.15) is 0 Å². The van der Waals surface area contributed by atoms with Crippen LogP contribution in [0.15, 0.2) is 42.5 Å². The third-order valence-corrected chi connectivity index (χ3v) is 3.61. The van der Waals surface area contributed by atoms with Gasteiger partial charge in [0.1, 0.15) is 0 Å². The van der Waals surface area contributed by atoms with Gasteiger partial charge in [-0.3, -0.25) is 4.79 Å². The predicted octanol–water partition coefficient (Wildman–Crippen LogP) is 3.93. The SMILES string of the molecule is CCC(=O)c1ccc(Cc2ccccc2)s1. The highest BCUT2D eigenvalue weighted by molar-refractivity contribution is 7.14. The molecule has 0 atom stereocenters. The molecule has 2 aromatic rings. The van der Waals surface area contributed by atoms with Crippen molar-refractivity contribution in [2.45, 2.75) is 19.8 Å². The standard InChI is InChI=1S/C14H14OS/c1-2-13(15)14-9-8-12(16-14)10-11-6-4-3-5-7-11/h3-9H,2,10H2,1H3. The summed E-state index contributed by atoms with van der Waals surface area (Å²) in [5.74, 6) is 0.240. The van der Waals surface area contributed by atoms with Crippen LogP contribution in [0.25, 0.3) is 0 Å². The molecule has 1 heterocycles. The summed E-state index contributed by atoms with van der Waals surface area (Å²) in [6.07, 6.45) is 1.51. The van der Waals surface area contributed by atoms with E-state index in [2.05, 4.69) is 18.2 Å². The van der Waals surface area contributed by atoms with Gasteiger partial charge in [-0.15, -0.1) is 11.3 Å². The fourth-order valence-electron chi connectivity index (χ4n) is 1.59. The fourth-order valence-corrected chi connectivity index (χ4v) is 2.65. The molecule has 0 aliphatic heterocycles. The van der Waals surface area contributed by atoms with Gasteiger partial charge in [0.25, 0.3) is 0 Å². The molecule has 0 spiro atoms. The normalized spacial score (nSPS) is 10.3. The maximum Gasteiger partial charge on any atom is 0.172 e. The second-order valence-electron chi connectivity index (χ2n) is 3.71. The highest BCUT2D eigenvalue weighted by Gasteiger charge is 2.07. The first-order chi connectivity index (χ1) is 7.79. The van der Waals surface area contributed by atoms with Crippen LogP contribution >= 0.6 is 11.3 Å². The van der Waals surface area contributed by atoms with Crippen LogP contribution in [0.5, 0.6) is 0 Å². The van der Waals surface area contributed by atoms with E-state index < -0.39 is 0 Å². The largest absolute Gasteiger partial charge is 0.293 e. The van der Waals surface area contributed by atoms with Crippen LogP contribution in [0.3, 0.4) is 0 Å². The van der Waals surface area contributed by atoms with Crippen LogP contribution in [-0.4, -0.2) is 5.78 Å². The van der Waals surface area contributed by atoms with Crippen molar-refractivity contribution in [3.8, 4) is 0 Å². The van der Waals surface area contributed by atoms with Crippen molar-refractivity contribution in [3.63, 3.8) is 0 Å². The maximum absolute atomic E-state index is 11.5. The molecule has 0 fully saturated rings. The van der Waals surface area contributed by atoms with Gasteiger partial charge in [0.2, 0.25) is 0 Å². The number of Topliss-reactive ketones (excluding diaryl/α,β-unsaturated/α-hetero) is 1. The molecular formula is C14H14OS. The molecule has 0 aliphatic rings. The number of benzene rings is 1. The molecule has 1 aromatic heterocycles. The van der Waals surface area contributed by atoms with Gasteiger partial charge >= 0.3 is 0 Å². The van der Waals surface area contributed by atoms with Gasteiger partial charge in [-0.05, 0) is 17.7 Å². The first-order valence-corrected chi connectivity index (χ1v) is 6.27. The summed E-state index contributed by atoms with van der Waals surface area (Å²) in [6, 6.07) is 14.3. The Labute approximate surface area is 99.8 Å². The van der Waals surface area contributed by atoms with Gasteiger partial charge in [-0.1, -0.05) is 37.3 Å². The molecule has 0 aliphatic carbocycles. The van der Waals surface area contributed by atoms with Gasteiger partial charge < -0.3 is 0 Å². The Kier molecular flexibility index (Phi) is 3.52. The Morgan fingerprint density at radius 1 is 1.12 bits per heavy atom. The van der Waals surface area contributed by atoms with Crippen molar-refractivity contribution in [1.29, 1.82) is 0 Å². The molecule has 0 radical (unpaired) electrons. The lowest BCUT2D eigenvalue weighted by Crippen LogP contribution is -1.90. The molecule has 1 nitrogen and oxygen atoms in total. The monoisotopic (exact) mass is 230 g/mol. The summed E-state index contributed by atoms with van der Waals surface area (Å²) < 4.78 is 0. The molecule has 0 N–H and O–H groups in total. The van der Waals surface area contributed by atoms with Crippen LogP contribution in [0.2, 0.25) is 0 Å². The number of hydrogen-bond donors (Lipinski definition) is 0. The third kappa shape index (κ3) is 2.58. The van der Waals surface area contributed by atoms with E-state index in [0.717, 1.165) is 11.3 Å². The van der Waals surface area contributed by atoms with E-state index >= 15 is 0 Å². The van der Waals surface area contributed by atoms with Gasteiger partial charge in [0, 0.05) is 17.7 Å². The number of ketones is 1. The summed E-state index contributed by atoms with van der Waals surface area (Å²) in [5, 5.41) is 0. The van der Waals surface area contributed by atoms with E-state index in [9.17, 15) is 4.79 Å². The minimum Gasteiger partial charge on any atom is -0.293 e. The van der Waals surface area contributed by atoms with E-state index in [1.807, 2.05) is 31.2 Å². The van der Waals surface area contributed by atoms with E-state index in [1.54, 1.807) is 11.3 Å². The zero-order valence-corrected chi connectivity index (χ0v) is 10.1. The van der Waals surface area contributed by atoms with E-state index in [-0.39, 0.29) is 5.78 Å². The molecule has 16 heavy (non-hydrogen) atoms. The van der Waals surface area contributed by atoms with E-state index in [0.29, 0.717) is 6.42 Å². The van der Waals surface area contributed by atoms with Crippen LogP contribution in [-0.2, 0) is 6.42 Å². The molecule has 2 rings (SSSR count). The quantitative estimate of drug-likeness (QED) is 0.727. The smallest absolute Gasteiger partial charge is 0.172 e. The molecule has 1 aromatic carbocycles. The zero-order chi connectivity index (χ0) is 11.4. The van der Waals surface area contributed by atoms with Crippen molar-refractivity contribution in [2.75, 3.05) is 0 Å². The molecule has 2 heteroatoms. The Morgan fingerprint density at radius 3 is 2.56 bits per heavy atom. The summed E-state index contributed by atoms with van der Waals surface area (Å²) in [5.41, 5.74) is 1.29. The Morgan fingerprint density at radius 2 is 1.88 bits per heavy atom. The lowest BCUT2D eigenvalue weighted by atomic mass is 10.1. The number of carbonyl (C=O) groups excluding carboxylic acids is 1. The van der Waals surface area contributed by atoms with Crippen LogP contribution in [0, 0.1) is 0 Å². The Hall–Kier alpha value is -1.41. The highest BCUT2D eigenvalue weighted by Crippen LogP contribution is 2.21. The predicted molar refractivity (Wildman–Crippen MR) is 68.2 cm³/mol. The first-order valence-electron chi connectivity index (χ1n) is 5.45. The summed E-state index contributed by atoms with van der Waals surface area (Å²) in [4.78, 5) is 13.6. The van der Waals surface area contributed by atoms with Gasteiger partial charge in [0.15, 0.2) is 5.78 Å². The average Bonchev–Trinajstić information content (AvgIpc) is 2.78. The van der Waals surface area contributed by atoms with Crippen LogP contribution in [0.1, 0.15) is 33.5 Å². The van der Waals surface area contributed by atoms with Crippen LogP contribution < -0.4 is 0 Å².